The van der Waals surface area contributed by atoms with Crippen LogP contribution in [0.1, 0.15) is 31.7 Å². The molecule has 32 heavy (non-hydrogen) atoms. The molecule has 4 aromatic rings. The molecule has 0 aliphatic rings. The number of amides is 1. The Morgan fingerprint density at radius 2 is 1.91 bits per heavy atom. The number of hydrogen-bond acceptors (Lipinski definition) is 6. The summed E-state index contributed by atoms with van der Waals surface area (Å²) in [5.41, 5.74) is 1.80. The Labute approximate surface area is 188 Å². The van der Waals surface area contributed by atoms with Crippen LogP contribution in [-0.2, 0) is 11.3 Å². The smallest absolute Gasteiger partial charge is 0.262 e. The van der Waals surface area contributed by atoms with E-state index in [0.29, 0.717) is 34.1 Å². The van der Waals surface area contributed by atoms with Crippen molar-refractivity contribution in [2.24, 2.45) is 0 Å². The number of aryl methyl sites for hydroxylation is 1. The number of nitrogens with one attached hydrogen (secondary N) is 1. The third-order valence-corrected chi connectivity index (χ3v) is 6.02. The first-order valence-electron chi connectivity index (χ1n) is 10.4. The fourth-order valence-electron chi connectivity index (χ4n) is 3.50. The molecule has 0 aliphatic carbocycles. The average molecular weight is 447 g/mol. The number of rotatable bonds is 8. The lowest BCUT2D eigenvalue weighted by Crippen LogP contribution is -2.23. The SMILES string of the molecule is CCCCCn1c(=O)c2ccccc2n2c(SCC(=O)Nc3ccc(C#N)cc3)nnc12. The van der Waals surface area contributed by atoms with Gasteiger partial charge in [0.15, 0.2) is 5.16 Å². The molecule has 0 atom stereocenters. The molecule has 9 heteroatoms. The van der Waals surface area contributed by atoms with Crippen molar-refractivity contribution in [1.29, 1.82) is 5.26 Å². The molecule has 0 saturated carbocycles. The largest absolute Gasteiger partial charge is 0.325 e. The molecule has 2 heterocycles. The second-order valence-electron chi connectivity index (χ2n) is 7.33. The monoisotopic (exact) mass is 446 g/mol. The van der Waals surface area contributed by atoms with E-state index in [4.69, 9.17) is 5.26 Å². The topological polar surface area (TPSA) is 105 Å². The molecule has 0 radical (unpaired) electrons. The molecule has 0 unspecified atom stereocenters. The number of nitriles is 1. The highest BCUT2D eigenvalue weighted by Crippen LogP contribution is 2.22. The highest BCUT2D eigenvalue weighted by Gasteiger charge is 2.17. The van der Waals surface area contributed by atoms with Crippen LogP contribution in [0, 0.1) is 11.3 Å². The van der Waals surface area contributed by atoms with Gasteiger partial charge in [0, 0.05) is 12.2 Å². The van der Waals surface area contributed by atoms with Gasteiger partial charge in [0.2, 0.25) is 11.7 Å². The number of hydrogen-bond donors (Lipinski definition) is 1. The maximum atomic E-state index is 13.1. The molecule has 1 amide bonds. The maximum absolute atomic E-state index is 13.1. The van der Waals surface area contributed by atoms with Gasteiger partial charge in [0.05, 0.1) is 28.3 Å². The molecule has 0 aliphatic heterocycles. The minimum absolute atomic E-state index is 0.0771. The van der Waals surface area contributed by atoms with E-state index in [0.717, 1.165) is 24.8 Å². The average Bonchev–Trinajstić information content (AvgIpc) is 3.24. The van der Waals surface area contributed by atoms with E-state index in [9.17, 15) is 9.59 Å². The summed E-state index contributed by atoms with van der Waals surface area (Å²) in [5.74, 6) is 0.418. The number of carbonyl (C=O) groups excluding carboxylic acids is 1. The summed E-state index contributed by atoms with van der Waals surface area (Å²) in [6, 6.07) is 16.1. The Morgan fingerprint density at radius 3 is 2.66 bits per heavy atom. The summed E-state index contributed by atoms with van der Waals surface area (Å²) >= 11 is 1.26. The highest BCUT2D eigenvalue weighted by molar-refractivity contribution is 7.99. The summed E-state index contributed by atoms with van der Waals surface area (Å²) in [4.78, 5) is 25.5. The van der Waals surface area contributed by atoms with Crippen LogP contribution in [0.5, 0.6) is 0 Å². The fourth-order valence-corrected chi connectivity index (χ4v) is 4.24. The van der Waals surface area contributed by atoms with Crippen LogP contribution in [0.2, 0.25) is 0 Å². The Morgan fingerprint density at radius 1 is 1.12 bits per heavy atom. The Bertz CT molecular complexity index is 1370. The van der Waals surface area contributed by atoms with E-state index < -0.39 is 0 Å². The van der Waals surface area contributed by atoms with Crippen LogP contribution < -0.4 is 10.9 Å². The Kier molecular flexibility index (Phi) is 6.52. The first-order chi connectivity index (χ1) is 15.6. The van der Waals surface area contributed by atoms with Gasteiger partial charge in [0.25, 0.3) is 5.56 Å². The van der Waals surface area contributed by atoms with Crippen molar-refractivity contribution in [2.45, 2.75) is 37.9 Å². The zero-order valence-electron chi connectivity index (χ0n) is 17.6. The highest BCUT2D eigenvalue weighted by atomic mass is 32.2. The number of benzene rings is 2. The third kappa shape index (κ3) is 4.36. The lowest BCUT2D eigenvalue weighted by atomic mass is 10.2. The van der Waals surface area contributed by atoms with Crippen LogP contribution in [0.4, 0.5) is 5.69 Å². The molecule has 1 N–H and O–H groups in total. The minimum Gasteiger partial charge on any atom is -0.325 e. The number of anilines is 1. The standard InChI is InChI=1S/C23H22N6O2S/c1-2-3-6-13-28-21(31)18-7-4-5-8-19(18)29-22(28)26-27-23(29)32-15-20(30)25-17-11-9-16(14-24)10-12-17/h4-5,7-12H,2-3,6,13,15H2,1H3,(H,25,30). The van der Waals surface area contributed by atoms with Gasteiger partial charge in [-0.1, -0.05) is 43.7 Å². The van der Waals surface area contributed by atoms with Gasteiger partial charge in [-0.3, -0.25) is 18.6 Å². The van der Waals surface area contributed by atoms with Gasteiger partial charge in [0.1, 0.15) is 0 Å². The van der Waals surface area contributed by atoms with Crippen LogP contribution >= 0.6 is 11.8 Å². The van der Waals surface area contributed by atoms with Gasteiger partial charge in [-0.15, -0.1) is 10.2 Å². The Balaban J connectivity index is 1.61. The fraction of sp³-hybridized carbons (Fsp3) is 0.261. The van der Waals surface area contributed by atoms with Gasteiger partial charge < -0.3 is 5.32 Å². The van der Waals surface area contributed by atoms with Gasteiger partial charge in [-0.25, -0.2) is 0 Å². The molecule has 2 aromatic heterocycles. The first kappa shape index (κ1) is 21.6. The third-order valence-electron chi connectivity index (χ3n) is 5.09. The summed E-state index contributed by atoms with van der Waals surface area (Å²) in [7, 11) is 0. The van der Waals surface area contributed by atoms with Crippen molar-refractivity contribution in [3.63, 3.8) is 0 Å². The zero-order valence-corrected chi connectivity index (χ0v) is 18.4. The van der Waals surface area contributed by atoms with Gasteiger partial charge in [-0.2, -0.15) is 5.26 Å². The van der Waals surface area contributed by atoms with E-state index in [-0.39, 0.29) is 17.2 Å². The molecule has 8 nitrogen and oxygen atoms in total. The van der Waals surface area contributed by atoms with Gasteiger partial charge >= 0.3 is 0 Å². The van der Waals surface area contributed by atoms with Crippen molar-refractivity contribution >= 4 is 40.0 Å². The molecule has 0 fully saturated rings. The normalized spacial score (nSPS) is 11.0. The number of thioether (sulfide) groups is 1. The number of unbranched alkanes of at least 4 members (excludes halogenated alkanes) is 2. The summed E-state index contributed by atoms with van der Waals surface area (Å²) in [6.45, 7) is 2.69. The predicted molar refractivity (Wildman–Crippen MR) is 125 cm³/mol. The zero-order chi connectivity index (χ0) is 22.5. The van der Waals surface area contributed by atoms with Crippen molar-refractivity contribution in [3.8, 4) is 6.07 Å². The minimum atomic E-state index is -0.197. The first-order valence-corrected chi connectivity index (χ1v) is 11.4. The summed E-state index contributed by atoms with van der Waals surface area (Å²) < 4.78 is 3.52. The second kappa shape index (κ2) is 9.66. The molecule has 0 saturated heterocycles. The van der Waals surface area contributed by atoms with Crippen LogP contribution in [0.3, 0.4) is 0 Å². The quantitative estimate of drug-likeness (QED) is 0.326. The number of aromatic nitrogens is 4. The molecule has 4 rings (SSSR count). The number of carbonyl (C=O) groups is 1. The van der Waals surface area contributed by atoms with Crippen molar-refractivity contribution in [1.82, 2.24) is 19.2 Å². The van der Waals surface area contributed by atoms with Gasteiger partial charge in [-0.05, 0) is 42.8 Å². The number of para-hydroxylation sites is 1. The molecular formula is C23H22N6O2S. The lowest BCUT2D eigenvalue weighted by Gasteiger charge is -2.11. The number of fused-ring (bicyclic) bond motifs is 3. The van der Waals surface area contributed by atoms with Crippen LogP contribution in [-0.4, -0.2) is 30.8 Å². The molecule has 0 spiro atoms. The van der Waals surface area contributed by atoms with E-state index in [1.807, 2.05) is 28.7 Å². The molecule has 162 valence electrons. The molecule has 2 aromatic carbocycles. The molecule has 0 bridgehead atoms. The van der Waals surface area contributed by atoms with E-state index in [1.165, 1.54) is 11.8 Å². The van der Waals surface area contributed by atoms with E-state index in [1.54, 1.807) is 34.9 Å². The van der Waals surface area contributed by atoms with E-state index >= 15 is 0 Å². The van der Waals surface area contributed by atoms with Crippen molar-refractivity contribution in [3.05, 3.63) is 64.4 Å². The molecular weight excluding hydrogens is 424 g/mol. The Hall–Kier alpha value is -3.64. The van der Waals surface area contributed by atoms with E-state index in [2.05, 4.69) is 22.4 Å². The van der Waals surface area contributed by atoms with Crippen molar-refractivity contribution < 1.29 is 4.79 Å². The van der Waals surface area contributed by atoms with Crippen LogP contribution in [0.15, 0.2) is 58.5 Å². The second-order valence-corrected chi connectivity index (χ2v) is 8.27. The van der Waals surface area contributed by atoms with Crippen molar-refractivity contribution in [2.75, 3.05) is 11.1 Å². The lowest BCUT2D eigenvalue weighted by molar-refractivity contribution is -0.113. The summed E-state index contributed by atoms with van der Waals surface area (Å²) in [5, 5.41) is 21.4. The number of nitrogens with zero attached hydrogens (tertiary/aromatic N) is 5. The predicted octanol–water partition coefficient (Wildman–Crippen LogP) is 3.84. The van der Waals surface area contributed by atoms with Crippen LogP contribution in [0.25, 0.3) is 16.7 Å². The maximum Gasteiger partial charge on any atom is 0.262 e. The summed E-state index contributed by atoms with van der Waals surface area (Å²) in [6.07, 6.45) is 2.96.